The van der Waals surface area contributed by atoms with E-state index in [4.69, 9.17) is 22.1 Å². The van der Waals surface area contributed by atoms with Crippen LogP contribution < -0.4 is 4.74 Å². The summed E-state index contributed by atoms with van der Waals surface area (Å²) in [6.07, 6.45) is 5.68. The number of carbonyl (C=O) groups excluding carboxylic acids is 1. The van der Waals surface area contributed by atoms with Gasteiger partial charge in [0.2, 0.25) is 0 Å². The predicted molar refractivity (Wildman–Crippen MR) is 140 cm³/mol. The minimum Gasteiger partial charge on any atom is -0.494 e. The first-order chi connectivity index (χ1) is 16.0. The first-order valence-corrected chi connectivity index (χ1v) is 12.4. The molecule has 1 atom stereocenters. The number of thioether (sulfide) groups is 1. The fourth-order valence-electron chi connectivity index (χ4n) is 3.54. The zero-order chi connectivity index (χ0) is 23.4. The lowest BCUT2D eigenvalue weighted by Gasteiger charge is -2.21. The second-order valence-corrected chi connectivity index (χ2v) is 9.57. The van der Waals surface area contributed by atoms with Crippen molar-refractivity contribution in [2.45, 2.75) is 39.7 Å². The average Bonchev–Trinajstić information content (AvgIpc) is 3.38. The van der Waals surface area contributed by atoms with Gasteiger partial charge in [-0.15, -0.1) is 0 Å². The highest BCUT2D eigenvalue weighted by atomic mass is 32.2. The Bertz CT molecular complexity index is 1170. The molecule has 2 aromatic carbocycles. The van der Waals surface area contributed by atoms with Crippen LogP contribution in [0.2, 0.25) is 0 Å². The van der Waals surface area contributed by atoms with E-state index in [1.807, 2.05) is 78.5 Å². The summed E-state index contributed by atoms with van der Waals surface area (Å²) in [5.41, 5.74) is 3.58. The number of amides is 1. The maximum Gasteiger partial charge on any atom is 0.266 e. The van der Waals surface area contributed by atoms with Crippen molar-refractivity contribution in [3.05, 3.63) is 71.3 Å². The lowest BCUT2D eigenvalue weighted by atomic mass is 10.1. The van der Waals surface area contributed by atoms with Crippen molar-refractivity contribution in [2.75, 3.05) is 6.61 Å². The number of benzene rings is 2. The Morgan fingerprint density at radius 1 is 1.12 bits per heavy atom. The van der Waals surface area contributed by atoms with Crippen molar-refractivity contribution in [3.63, 3.8) is 0 Å². The van der Waals surface area contributed by atoms with Gasteiger partial charge in [-0.2, -0.15) is 5.10 Å². The van der Waals surface area contributed by atoms with Crippen LogP contribution in [0.3, 0.4) is 0 Å². The van der Waals surface area contributed by atoms with Gasteiger partial charge in [-0.05, 0) is 62.2 Å². The smallest absolute Gasteiger partial charge is 0.266 e. The first-order valence-electron chi connectivity index (χ1n) is 11.2. The number of carbonyl (C=O) groups is 1. The molecule has 0 bridgehead atoms. The topological polar surface area (TPSA) is 47.4 Å². The molecule has 0 saturated carbocycles. The van der Waals surface area contributed by atoms with E-state index < -0.39 is 0 Å². The molecule has 7 heteroatoms. The standard InChI is InChI=1S/C26H27N3O2S2/c1-4-15-31-22-13-11-19(12-14-22)24-20(17-28(27-24)21-9-7-6-8-10-21)16-23-25(30)29(18(3)5-2)26(32)33-23/h6-14,16-18H,4-5,15H2,1-3H3/b23-16-. The van der Waals surface area contributed by atoms with Crippen molar-refractivity contribution in [3.8, 4) is 22.7 Å². The summed E-state index contributed by atoms with van der Waals surface area (Å²) in [5, 5.41) is 4.86. The highest BCUT2D eigenvalue weighted by molar-refractivity contribution is 8.26. The van der Waals surface area contributed by atoms with Gasteiger partial charge >= 0.3 is 0 Å². The number of hydrogen-bond donors (Lipinski definition) is 0. The summed E-state index contributed by atoms with van der Waals surface area (Å²) in [6, 6.07) is 17.9. The minimum atomic E-state index is -0.0407. The quantitative estimate of drug-likeness (QED) is 0.280. The normalized spacial score (nSPS) is 16.0. The summed E-state index contributed by atoms with van der Waals surface area (Å²) in [4.78, 5) is 15.4. The third-order valence-corrected chi connectivity index (χ3v) is 6.84. The molecule has 4 rings (SSSR count). The Morgan fingerprint density at radius 2 is 1.85 bits per heavy atom. The molecule has 2 heterocycles. The maximum absolute atomic E-state index is 13.1. The Morgan fingerprint density at radius 3 is 2.52 bits per heavy atom. The van der Waals surface area contributed by atoms with E-state index in [0.29, 0.717) is 15.8 Å². The SMILES string of the molecule is CCCOc1ccc(-c2nn(-c3ccccc3)cc2/C=C2\SC(=S)N(C(C)CC)C2=O)cc1. The number of ether oxygens (including phenoxy) is 1. The molecule has 1 aliphatic rings. The van der Waals surface area contributed by atoms with Gasteiger partial charge < -0.3 is 4.74 Å². The third-order valence-electron chi connectivity index (χ3n) is 5.51. The van der Waals surface area contributed by atoms with Crippen LogP contribution in [-0.4, -0.2) is 37.6 Å². The van der Waals surface area contributed by atoms with Crippen LogP contribution in [0, 0.1) is 0 Å². The van der Waals surface area contributed by atoms with Crippen LogP contribution in [0.5, 0.6) is 5.75 Å². The number of hydrogen-bond acceptors (Lipinski definition) is 5. The molecule has 1 unspecified atom stereocenters. The lowest BCUT2D eigenvalue weighted by molar-refractivity contribution is -0.123. The molecular formula is C26H27N3O2S2. The van der Waals surface area contributed by atoms with Crippen LogP contribution in [0.1, 0.15) is 39.2 Å². The monoisotopic (exact) mass is 477 g/mol. The summed E-state index contributed by atoms with van der Waals surface area (Å²) in [7, 11) is 0. The number of thiocarbonyl (C=S) groups is 1. The van der Waals surface area contributed by atoms with Gasteiger partial charge in [-0.3, -0.25) is 9.69 Å². The van der Waals surface area contributed by atoms with Crippen LogP contribution in [0.15, 0.2) is 65.7 Å². The van der Waals surface area contributed by atoms with E-state index in [2.05, 4.69) is 13.8 Å². The summed E-state index contributed by atoms with van der Waals surface area (Å²) < 4.78 is 8.18. The van der Waals surface area contributed by atoms with Gasteiger partial charge in [0.05, 0.1) is 22.9 Å². The summed E-state index contributed by atoms with van der Waals surface area (Å²) in [6.45, 7) is 6.85. The van der Waals surface area contributed by atoms with Gasteiger partial charge in [0.1, 0.15) is 10.1 Å². The Hall–Kier alpha value is -2.90. The molecule has 0 spiro atoms. The average molecular weight is 478 g/mol. The number of rotatable bonds is 8. The van der Waals surface area contributed by atoms with Crippen LogP contribution in [0.4, 0.5) is 0 Å². The molecule has 1 amide bonds. The van der Waals surface area contributed by atoms with Crippen LogP contribution in [-0.2, 0) is 4.79 Å². The molecule has 33 heavy (non-hydrogen) atoms. The van der Waals surface area contributed by atoms with E-state index in [1.165, 1.54) is 11.8 Å². The molecule has 3 aromatic rings. The second-order valence-electron chi connectivity index (χ2n) is 7.89. The molecule has 1 aromatic heterocycles. The van der Waals surface area contributed by atoms with E-state index in [9.17, 15) is 4.79 Å². The van der Waals surface area contributed by atoms with E-state index >= 15 is 0 Å². The van der Waals surface area contributed by atoms with Crippen molar-refractivity contribution in [1.29, 1.82) is 0 Å². The first kappa shape index (κ1) is 23.3. The van der Waals surface area contributed by atoms with E-state index in [1.54, 1.807) is 4.90 Å². The predicted octanol–water partition coefficient (Wildman–Crippen LogP) is 6.33. The van der Waals surface area contributed by atoms with Crippen molar-refractivity contribution < 1.29 is 9.53 Å². The molecule has 170 valence electrons. The van der Waals surface area contributed by atoms with Crippen molar-refractivity contribution in [2.24, 2.45) is 0 Å². The van der Waals surface area contributed by atoms with Gasteiger partial charge in [0, 0.05) is 23.4 Å². The van der Waals surface area contributed by atoms with E-state index in [0.717, 1.165) is 41.1 Å². The molecule has 1 aliphatic heterocycles. The molecule has 5 nitrogen and oxygen atoms in total. The lowest BCUT2D eigenvalue weighted by Crippen LogP contribution is -2.36. The molecule has 1 saturated heterocycles. The van der Waals surface area contributed by atoms with Crippen LogP contribution >= 0.6 is 24.0 Å². The number of aromatic nitrogens is 2. The molecule has 0 N–H and O–H groups in total. The van der Waals surface area contributed by atoms with Crippen molar-refractivity contribution >= 4 is 40.3 Å². The molecule has 1 fully saturated rings. The number of para-hydroxylation sites is 1. The molecular weight excluding hydrogens is 450 g/mol. The largest absolute Gasteiger partial charge is 0.494 e. The van der Waals surface area contributed by atoms with Gasteiger partial charge in [0.25, 0.3) is 5.91 Å². The highest BCUT2D eigenvalue weighted by Crippen LogP contribution is 2.36. The number of nitrogens with zero attached hydrogens (tertiary/aromatic N) is 3. The maximum atomic E-state index is 13.1. The zero-order valence-corrected chi connectivity index (χ0v) is 20.7. The summed E-state index contributed by atoms with van der Waals surface area (Å²) in [5.74, 6) is 0.792. The fraction of sp³-hybridized carbons (Fsp3) is 0.269. The molecule has 0 radical (unpaired) electrons. The van der Waals surface area contributed by atoms with Crippen molar-refractivity contribution in [1.82, 2.24) is 14.7 Å². The van der Waals surface area contributed by atoms with Crippen LogP contribution in [0.25, 0.3) is 23.0 Å². The minimum absolute atomic E-state index is 0.0407. The summed E-state index contributed by atoms with van der Waals surface area (Å²) >= 11 is 6.86. The van der Waals surface area contributed by atoms with Gasteiger partial charge in [0.15, 0.2) is 0 Å². The Labute approximate surface area is 204 Å². The van der Waals surface area contributed by atoms with Gasteiger partial charge in [-0.25, -0.2) is 4.68 Å². The Balaban J connectivity index is 1.74. The van der Waals surface area contributed by atoms with Gasteiger partial charge in [-0.1, -0.05) is 56.0 Å². The fourth-order valence-corrected chi connectivity index (χ4v) is 5.00. The van der Waals surface area contributed by atoms with E-state index in [-0.39, 0.29) is 11.9 Å². The Kier molecular flexibility index (Phi) is 7.30. The molecule has 0 aliphatic carbocycles. The highest BCUT2D eigenvalue weighted by Gasteiger charge is 2.35. The third kappa shape index (κ3) is 5.04. The second kappa shape index (κ2) is 10.4. The zero-order valence-electron chi connectivity index (χ0n) is 19.0.